The molecule has 0 unspecified atom stereocenters. The fourth-order valence-electron chi connectivity index (χ4n) is 2.80. The number of hydrogen-bond acceptors (Lipinski definition) is 5. The van der Waals surface area contributed by atoms with Crippen molar-refractivity contribution >= 4 is 15.7 Å². The maximum atomic E-state index is 12.6. The average molecular weight is 391 g/mol. The quantitative estimate of drug-likeness (QED) is 0.403. The Morgan fingerprint density at radius 1 is 1.15 bits per heavy atom. The second kappa shape index (κ2) is 9.07. The highest BCUT2D eigenvalue weighted by molar-refractivity contribution is 7.89. The first-order valence-corrected chi connectivity index (χ1v) is 10.2. The summed E-state index contributed by atoms with van der Waals surface area (Å²) in [6.45, 7) is 5.10. The molecule has 0 aliphatic carbocycles. The molecule has 0 aliphatic heterocycles. The van der Waals surface area contributed by atoms with Crippen molar-refractivity contribution in [2.45, 2.75) is 31.7 Å². The maximum absolute atomic E-state index is 12.6. The Bertz CT molecular complexity index is 899. The van der Waals surface area contributed by atoms with Gasteiger partial charge in [0.2, 0.25) is 10.0 Å². The summed E-state index contributed by atoms with van der Waals surface area (Å²) < 4.78 is 27.7. The Hall–Kier alpha value is -2.29. The predicted molar refractivity (Wildman–Crippen MR) is 105 cm³/mol. The summed E-state index contributed by atoms with van der Waals surface area (Å²) in [6, 6.07) is 12.5. The molecule has 146 valence electrons. The molecule has 0 spiro atoms. The van der Waals surface area contributed by atoms with Crippen LogP contribution in [0.1, 0.15) is 23.1 Å². The Morgan fingerprint density at radius 2 is 1.81 bits per heavy atom. The van der Waals surface area contributed by atoms with E-state index in [4.69, 9.17) is 0 Å². The number of nitrogens with one attached hydrogen (secondary N) is 1. The van der Waals surface area contributed by atoms with Crippen LogP contribution in [0.3, 0.4) is 0 Å². The minimum absolute atomic E-state index is 0.0353. The minimum Gasteiger partial charge on any atom is -0.302 e. The van der Waals surface area contributed by atoms with Gasteiger partial charge in [-0.15, -0.1) is 0 Å². The van der Waals surface area contributed by atoms with E-state index in [0.29, 0.717) is 17.5 Å². The van der Waals surface area contributed by atoms with Gasteiger partial charge in [-0.25, -0.2) is 13.1 Å². The van der Waals surface area contributed by atoms with Gasteiger partial charge in [-0.1, -0.05) is 30.3 Å². The zero-order chi connectivity index (χ0) is 20.0. The number of benzene rings is 2. The topological polar surface area (TPSA) is 92.5 Å². The smallest absolute Gasteiger partial charge is 0.271 e. The van der Waals surface area contributed by atoms with E-state index in [9.17, 15) is 18.5 Å². The SMILES string of the molecule is Cc1cc([N+](=O)[O-])cc(S(=O)(=O)NCCCN(C)Cc2ccccc2)c1C. The third kappa shape index (κ3) is 5.85. The highest BCUT2D eigenvalue weighted by Gasteiger charge is 2.22. The molecule has 2 aromatic rings. The standard InChI is InChI=1S/C19H25N3O4S/c1-15-12-18(22(23)24)13-19(16(15)2)27(25,26)20-10-7-11-21(3)14-17-8-5-4-6-9-17/h4-6,8-9,12-13,20H,7,10-11,14H2,1-3H3. The molecule has 0 amide bonds. The molecule has 27 heavy (non-hydrogen) atoms. The first-order chi connectivity index (χ1) is 12.7. The van der Waals surface area contributed by atoms with Crippen LogP contribution in [0.25, 0.3) is 0 Å². The van der Waals surface area contributed by atoms with E-state index in [1.165, 1.54) is 11.6 Å². The summed E-state index contributed by atoms with van der Waals surface area (Å²) in [5, 5.41) is 11.0. The van der Waals surface area contributed by atoms with Crippen molar-refractivity contribution in [3.05, 3.63) is 69.3 Å². The third-order valence-corrected chi connectivity index (χ3v) is 6.00. The first-order valence-electron chi connectivity index (χ1n) is 8.68. The molecule has 0 fully saturated rings. The van der Waals surface area contributed by atoms with E-state index in [-0.39, 0.29) is 17.1 Å². The van der Waals surface area contributed by atoms with Crippen molar-refractivity contribution in [3.8, 4) is 0 Å². The van der Waals surface area contributed by atoms with Gasteiger partial charge in [0.05, 0.1) is 9.82 Å². The lowest BCUT2D eigenvalue weighted by molar-refractivity contribution is -0.385. The summed E-state index contributed by atoms with van der Waals surface area (Å²) in [5.41, 5.74) is 2.07. The lowest BCUT2D eigenvalue weighted by Gasteiger charge is -2.17. The molecule has 0 aliphatic rings. The summed E-state index contributed by atoms with van der Waals surface area (Å²) in [4.78, 5) is 12.5. The summed E-state index contributed by atoms with van der Waals surface area (Å²) >= 11 is 0. The van der Waals surface area contributed by atoms with Gasteiger partial charge >= 0.3 is 0 Å². The van der Waals surface area contributed by atoms with E-state index in [0.717, 1.165) is 19.2 Å². The largest absolute Gasteiger partial charge is 0.302 e. The van der Waals surface area contributed by atoms with Gasteiger partial charge in [0.25, 0.3) is 5.69 Å². The van der Waals surface area contributed by atoms with Gasteiger partial charge in [0.1, 0.15) is 0 Å². The maximum Gasteiger partial charge on any atom is 0.271 e. The highest BCUT2D eigenvalue weighted by atomic mass is 32.2. The normalized spacial score (nSPS) is 11.7. The van der Waals surface area contributed by atoms with Crippen LogP contribution in [0.2, 0.25) is 0 Å². The molecular weight excluding hydrogens is 366 g/mol. The molecule has 7 nitrogen and oxygen atoms in total. The summed E-state index contributed by atoms with van der Waals surface area (Å²) in [6.07, 6.45) is 0.634. The lowest BCUT2D eigenvalue weighted by Crippen LogP contribution is -2.29. The Morgan fingerprint density at radius 3 is 2.44 bits per heavy atom. The molecule has 0 atom stereocenters. The number of rotatable bonds is 9. The van der Waals surface area contributed by atoms with Crippen molar-refractivity contribution in [2.75, 3.05) is 20.1 Å². The van der Waals surface area contributed by atoms with Crippen LogP contribution < -0.4 is 4.72 Å². The fourth-order valence-corrected chi connectivity index (χ4v) is 4.21. The van der Waals surface area contributed by atoms with Gasteiger partial charge in [-0.2, -0.15) is 0 Å². The van der Waals surface area contributed by atoms with Crippen LogP contribution in [-0.4, -0.2) is 38.4 Å². The number of nitrogens with zero attached hydrogens (tertiary/aromatic N) is 2. The molecule has 8 heteroatoms. The molecule has 1 N–H and O–H groups in total. The number of hydrogen-bond donors (Lipinski definition) is 1. The predicted octanol–water partition coefficient (Wildman–Crippen LogP) is 3.01. The molecule has 0 radical (unpaired) electrons. The zero-order valence-corrected chi connectivity index (χ0v) is 16.6. The molecule has 2 rings (SSSR count). The third-order valence-electron chi connectivity index (χ3n) is 4.41. The van der Waals surface area contributed by atoms with E-state index in [2.05, 4.69) is 9.62 Å². The summed E-state index contributed by atoms with van der Waals surface area (Å²) in [7, 11) is -1.82. The molecule has 0 saturated heterocycles. The monoisotopic (exact) mass is 391 g/mol. The van der Waals surface area contributed by atoms with Crippen LogP contribution in [0.5, 0.6) is 0 Å². The summed E-state index contributed by atoms with van der Waals surface area (Å²) in [5.74, 6) is 0. The van der Waals surface area contributed by atoms with Gasteiger partial charge in [-0.05, 0) is 50.6 Å². The van der Waals surface area contributed by atoms with E-state index in [1.807, 2.05) is 37.4 Å². The molecular formula is C19H25N3O4S. The highest BCUT2D eigenvalue weighted by Crippen LogP contribution is 2.25. The van der Waals surface area contributed by atoms with E-state index in [1.54, 1.807) is 13.8 Å². The Kier molecular flexibility index (Phi) is 7.06. The van der Waals surface area contributed by atoms with Gasteiger partial charge in [0.15, 0.2) is 0 Å². The molecule has 0 heterocycles. The Labute approximate surface area is 160 Å². The lowest BCUT2D eigenvalue weighted by atomic mass is 10.1. The fraction of sp³-hybridized carbons (Fsp3) is 0.368. The molecule has 0 aromatic heterocycles. The first kappa shape index (κ1) is 21.0. The number of nitro groups is 1. The van der Waals surface area contributed by atoms with Crippen molar-refractivity contribution in [1.82, 2.24) is 9.62 Å². The van der Waals surface area contributed by atoms with Gasteiger partial charge in [-0.3, -0.25) is 10.1 Å². The molecule has 0 bridgehead atoms. The van der Waals surface area contributed by atoms with Crippen LogP contribution in [0, 0.1) is 24.0 Å². The zero-order valence-electron chi connectivity index (χ0n) is 15.8. The van der Waals surface area contributed by atoms with Crippen LogP contribution in [-0.2, 0) is 16.6 Å². The van der Waals surface area contributed by atoms with E-state index >= 15 is 0 Å². The number of sulfonamides is 1. The van der Waals surface area contributed by atoms with E-state index < -0.39 is 14.9 Å². The molecule has 0 saturated carbocycles. The second-order valence-corrected chi connectivity index (χ2v) is 8.35. The Balaban J connectivity index is 1.94. The van der Waals surface area contributed by atoms with Crippen LogP contribution in [0.4, 0.5) is 5.69 Å². The average Bonchev–Trinajstić information content (AvgIpc) is 2.61. The van der Waals surface area contributed by atoms with Gasteiger partial charge < -0.3 is 4.90 Å². The van der Waals surface area contributed by atoms with Crippen LogP contribution >= 0.6 is 0 Å². The number of non-ortho nitro benzene ring substituents is 1. The second-order valence-electron chi connectivity index (χ2n) is 6.62. The van der Waals surface area contributed by atoms with Crippen molar-refractivity contribution in [1.29, 1.82) is 0 Å². The van der Waals surface area contributed by atoms with Gasteiger partial charge in [0, 0.05) is 25.2 Å². The number of aryl methyl sites for hydroxylation is 1. The number of nitro benzene ring substituents is 1. The van der Waals surface area contributed by atoms with Crippen molar-refractivity contribution < 1.29 is 13.3 Å². The van der Waals surface area contributed by atoms with Crippen LogP contribution in [0.15, 0.2) is 47.4 Å². The van der Waals surface area contributed by atoms with Crippen molar-refractivity contribution in [2.24, 2.45) is 0 Å². The molecule has 2 aromatic carbocycles. The van der Waals surface area contributed by atoms with Crippen molar-refractivity contribution in [3.63, 3.8) is 0 Å². The minimum atomic E-state index is -3.80.